The van der Waals surface area contributed by atoms with Crippen LogP contribution in [0.3, 0.4) is 0 Å². The van der Waals surface area contributed by atoms with Gasteiger partial charge in [0.25, 0.3) is 0 Å². The highest BCUT2D eigenvalue weighted by atomic mass is 16.1. The zero-order valence-corrected chi connectivity index (χ0v) is 11.9. The number of nitrogens with two attached hydrogens (primary N) is 1. The third-order valence-corrected chi connectivity index (χ3v) is 2.65. The summed E-state index contributed by atoms with van der Waals surface area (Å²) in [5.74, 6) is -0.0771. The number of carbonyl (C=O) groups excluding carboxylic acids is 1. The molecular formula is C16H24N2O. The van der Waals surface area contributed by atoms with Crippen molar-refractivity contribution in [3.63, 3.8) is 0 Å². The average Bonchev–Trinajstić information content (AvgIpc) is 2.85. The van der Waals surface area contributed by atoms with E-state index in [0.29, 0.717) is 0 Å². The van der Waals surface area contributed by atoms with E-state index in [4.69, 9.17) is 5.73 Å². The van der Waals surface area contributed by atoms with Crippen LogP contribution in [0.5, 0.6) is 0 Å². The van der Waals surface area contributed by atoms with Crippen molar-refractivity contribution in [1.82, 2.24) is 5.32 Å². The first-order valence-electron chi connectivity index (χ1n) is 6.63. The van der Waals surface area contributed by atoms with Crippen molar-refractivity contribution in [2.45, 2.75) is 39.2 Å². The zero-order chi connectivity index (χ0) is 14.7. The molecule has 0 radical (unpaired) electrons. The van der Waals surface area contributed by atoms with E-state index in [2.05, 4.69) is 44.1 Å². The second-order valence-electron chi connectivity index (χ2n) is 4.27. The maximum absolute atomic E-state index is 11.1. The Bertz CT molecular complexity index is 399. The Kier molecular flexibility index (Phi) is 9.20. The van der Waals surface area contributed by atoms with Gasteiger partial charge >= 0.3 is 0 Å². The van der Waals surface area contributed by atoms with Crippen molar-refractivity contribution in [2.24, 2.45) is 5.73 Å². The van der Waals surface area contributed by atoms with E-state index in [1.54, 1.807) is 0 Å². The highest BCUT2D eigenvalue weighted by Gasteiger charge is 2.22. The number of aryl methyl sites for hydroxylation is 1. The minimum Gasteiger partial charge on any atom is -0.348 e. The van der Waals surface area contributed by atoms with Gasteiger partial charge in [0, 0.05) is 0 Å². The summed E-state index contributed by atoms with van der Waals surface area (Å²) in [4.78, 5) is 11.1. The van der Waals surface area contributed by atoms with Gasteiger partial charge in [-0.15, -0.1) is 12.8 Å². The Balaban J connectivity index is 0.000000573. The molecule has 0 heterocycles. The number of hydrogen-bond donors (Lipinski definition) is 2. The lowest BCUT2D eigenvalue weighted by molar-refractivity contribution is -0.120. The fourth-order valence-corrected chi connectivity index (χ4v) is 1.96. The Morgan fingerprint density at radius 3 is 2.53 bits per heavy atom. The summed E-state index contributed by atoms with van der Waals surface area (Å²) >= 11 is 0. The summed E-state index contributed by atoms with van der Waals surface area (Å²) in [6.45, 7) is 4.32. The van der Waals surface area contributed by atoms with Gasteiger partial charge < -0.3 is 11.1 Å². The summed E-state index contributed by atoms with van der Waals surface area (Å²) in [6.07, 6.45) is 11.3. The number of terminal acetylenes is 1. The highest BCUT2D eigenvalue weighted by Crippen LogP contribution is 2.30. The standard InChI is InChI=1S/C11H14N2O.C3H8.C2H2/c12-7-11(14)13-10-6-5-8-3-1-2-4-9(8)10;1-3-2;1-2/h1-4,10H,5-7,12H2,(H,13,14);3H2,1-2H3;1-2H/t10-;;/m1../s1. The third kappa shape index (κ3) is 5.58. The second-order valence-corrected chi connectivity index (χ2v) is 4.27. The van der Waals surface area contributed by atoms with Crippen LogP contribution in [0.25, 0.3) is 0 Å². The minimum atomic E-state index is -0.0771. The Morgan fingerprint density at radius 2 is 1.95 bits per heavy atom. The molecule has 1 amide bonds. The topological polar surface area (TPSA) is 55.1 Å². The first kappa shape index (κ1) is 17.2. The molecule has 0 aliphatic heterocycles. The van der Waals surface area contributed by atoms with E-state index in [1.807, 2.05) is 12.1 Å². The Hall–Kier alpha value is -1.79. The van der Waals surface area contributed by atoms with E-state index < -0.39 is 0 Å². The number of hydrogen-bond acceptors (Lipinski definition) is 2. The lowest BCUT2D eigenvalue weighted by Gasteiger charge is -2.12. The number of rotatable bonds is 2. The van der Waals surface area contributed by atoms with Gasteiger partial charge in [-0.25, -0.2) is 0 Å². The fourth-order valence-electron chi connectivity index (χ4n) is 1.96. The lowest BCUT2D eigenvalue weighted by atomic mass is 10.1. The third-order valence-electron chi connectivity index (χ3n) is 2.65. The lowest BCUT2D eigenvalue weighted by Crippen LogP contribution is -2.32. The summed E-state index contributed by atoms with van der Waals surface area (Å²) in [7, 11) is 0. The molecule has 104 valence electrons. The largest absolute Gasteiger partial charge is 0.348 e. The van der Waals surface area contributed by atoms with E-state index in [1.165, 1.54) is 17.5 Å². The predicted octanol–water partition coefficient (Wildman–Crippen LogP) is 2.41. The van der Waals surface area contributed by atoms with Gasteiger partial charge in [-0.1, -0.05) is 44.5 Å². The minimum absolute atomic E-state index is 0.0681. The van der Waals surface area contributed by atoms with Gasteiger partial charge in [-0.05, 0) is 24.0 Å². The molecule has 3 N–H and O–H groups in total. The van der Waals surface area contributed by atoms with Crippen LogP contribution in [-0.2, 0) is 11.2 Å². The highest BCUT2D eigenvalue weighted by molar-refractivity contribution is 5.78. The van der Waals surface area contributed by atoms with Gasteiger partial charge in [0.1, 0.15) is 0 Å². The number of benzene rings is 1. The van der Waals surface area contributed by atoms with Gasteiger partial charge in [-0.2, -0.15) is 0 Å². The smallest absolute Gasteiger partial charge is 0.234 e. The molecule has 1 aliphatic rings. The van der Waals surface area contributed by atoms with E-state index in [-0.39, 0.29) is 18.5 Å². The van der Waals surface area contributed by atoms with Crippen molar-refractivity contribution in [1.29, 1.82) is 0 Å². The number of carbonyl (C=O) groups is 1. The molecule has 1 aromatic rings. The van der Waals surface area contributed by atoms with Crippen LogP contribution in [-0.4, -0.2) is 12.5 Å². The van der Waals surface area contributed by atoms with Crippen LogP contribution >= 0.6 is 0 Å². The summed E-state index contributed by atoms with van der Waals surface area (Å²) in [6, 6.07) is 8.40. The van der Waals surface area contributed by atoms with Crippen LogP contribution < -0.4 is 11.1 Å². The van der Waals surface area contributed by atoms with E-state index >= 15 is 0 Å². The maximum atomic E-state index is 11.1. The molecule has 3 nitrogen and oxygen atoms in total. The Labute approximate surface area is 116 Å². The molecule has 2 rings (SSSR count). The van der Waals surface area contributed by atoms with Gasteiger partial charge in [0.2, 0.25) is 5.91 Å². The number of nitrogens with one attached hydrogen (secondary N) is 1. The molecule has 0 bridgehead atoms. The molecule has 19 heavy (non-hydrogen) atoms. The zero-order valence-electron chi connectivity index (χ0n) is 11.9. The molecule has 1 aromatic carbocycles. The van der Waals surface area contributed by atoms with Crippen LogP contribution in [0.1, 0.15) is 43.9 Å². The van der Waals surface area contributed by atoms with Gasteiger partial charge in [-0.3, -0.25) is 4.79 Å². The van der Waals surface area contributed by atoms with Gasteiger partial charge in [0.15, 0.2) is 0 Å². The molecule has 1 atom stereocenters. The monoisotopic (exact) mass is 260 g/mol. The van der Waals surface area contributed by atoms with Crippen molar-refractivity contribution in [2.75, 3.05) is 6.54 Å². The van der Waals surface area contributed by atoms with Gasteiger partial charge in [0.05, 0.1) is 12.6 Å². The molecular weight excluding hydrogens is 236 g/mol. The summed E-state index contributed by atoms with van der Waals surface area (Å²) < 4.78 is 0. The fraction of sp³-hybridized carbons (Fsp3) is 0.438. The van der Waals surface area contributed by atoms with Crippen LogP contribution in [0.2, 0.25) is 0 Å². The molecule has 3 heteroatoms. The van der Waals surface area contributed by atoms with E-state index in [0.717, 1.165) is 12.8 Å². The van der Waals surface area contributed by atoms with Crippen molar-refractivity contribution in [3.05, 3.63) is 35.4 Å². The van der Waals surface area contributed by atoms with Crippen LogP contribution in [0, 0.1) is 12.8 Å². The Morgan fingerprint density at radius 1 is 1.37 bits per heavy atom. The first-order valence-corrected chi connectivity index (χ1v) is 6.63. The first-order chi connectivity index (χ1) is 9.22. The van der Waals surface area contributed by atoms with E-state index in [9.17, 15) is 4.79 Å². The molecule has 1 aliphatic carbocycles. The second kappa shape index (κ2) is 10.2. The van der Waals surface area contributed by atoms with Crippen molar-refractivity contribution >= 4 is 5.91 Å². The molecule has 0 spiro atoms. The molecule has 0 unspecified atom stereocenters. The molecule has 0 fully saturated rings. The summed E-state index contributed by atoms with van der Waals surface area (Å²) in [5, 5.41) is 2.92. The van der Waals surface area contributed by atoms with Crippen molar-refractivity contribution in [3.8, 4) is 12.8 Å². The van der Waals surface area contributed by atoms with Crippen LogP contribution in [0.15, 0.2) is 24.3 Å². The average molecular weight is 260 g/mol. The normalized spacial score (nSPS) is 15.1. The molecule has 0 saturated heterocycles. The van der Waals surface area contributed by atoms with Crippen LogP contribution in [0.4, 0.5) is 0 Å². The number of amides is 1. The number of fused-ring (bicyclic) bond motifs is 1. The maximum Gasteiger partial charge on any atom is 0.234 e. The quantitative estimate of drug-likeness (QED) is 0.802. The summed E-state index contributed by atoms with van der Waals surface area (Å²) in [5.41, 5.74) is 7.85. The van der Waals surface area contributed by atoms with Crippen molar-refractivity contribution < 1.29 is 4.79 Å². The predicted molar refractivity (Wildman–Crippen MR) is 80.6 cm³/mol. The molecule has 0 aromatic heterocycles. The SMILES string of the molecule is C#C.CCC.NCC(=O)N[C@@H]1CCc2ccccc21. The molecule has 0 saturated carbocycles.